The van der Waals surface area contributed by atoms with Crippen LogP contribution in [0.5, 0.6) is 0 Å². The van der Waals surface area contributed by atoms with Gasteiger partial charge in [0.25, 0.3) is 0 Å². The summed E-state index contributed by atoms with van der Waals surface area (Å²) in [6.45, 7) is 0. The number of nitrogens with zero attached hydrogens (tertiary/aromatic N) is 3. The van der Waals surface area contributed by atoms with Crippen molar-refractivity contribution in [1.29, 1.82) is 0 Å². The predicted molar refractivity (Wildman–Crippen MR) is 231 cm³/mol. The van der Waals surface area contributed by atoms with Gasteiger partial charge in [0.2, 0.25) is 0 Å². The summed E-state index contributed by atoms with van der Waals surface area (Å²) in [6.07, 6.45) is 0. The van der Waals surface area contributed by atoms with Gasteiger partial charge in [-0.3, -0.25) is 0 Å². The van der Waals surface area contributed by atoms with Gasteiger partial charge in [0.05, 0.1) is 27.9 Å². The lowest BCUT2D eigenvalue weighted by molar-refractivity contribution is 1.19. The highest BCUT2D eigenvalue weighted by atomic mass is 15.0. The normalized spacial score (nSPS) is 11.6. The average Bonchev–Trinajstić information content (AvgIpc) is 3.58. The van der Waals surface area contributed by atoms with Gasteiger partial charge in [-0.05, 0) is 80.9 Å². The van der Waals surface area contributed by atoms with Gasteiger partial charge in [-0.15, -0.1) is 0 Å². The number of rotatable bonds is 5. The molecule has 9 aromatic carbocycles. The Morgan fingerprint density at radius 1 is 0.327 bits per heavy atom. The summed E-state index contributed by atoms with van der Waals surface area (Å²) < 4.78 is 2.43. The molecule has 256 valence electrons. The van der Waals surface area contributed by atoms with Crippen molar-refractivity contribution in [3.63, 3.8) is 0 Å². The molecule has 3 heteroatoms. The van der Waals surface area contributed by atoms with Crippen molar-refractivity contribution in [2.75, 3.05) is 0 Å². The molecule has 0 aliphatic rings. The van der Waals surface area contributed by atoms with Gasteiger partial charge >= 0.3 is 0 Å². The van der Waals surface area contributed by atoms with Crippen molar-refractivity contribution in [3.8, 4) is 50.6 Å². The lowest BCUT2D eigenvalue weighted by Gasteiger charge is -2.16. The smallest absolute Gasteiger partial charge is 0.161 e. The van der Waals surface area contributed by atoms with Crippen molar-refractivity contribution in [3.05, 3.63) is 200 Å². The Labute approximate surface area is 318 Å². The highest BCUT2D eigenvalue weighted by Gasteiger charge is 2.19. The molecule has 0 amide bonds. The predicted octanol–water partition coefficient (Wildman–Crippen LogP) is 13.7. The maximum absolute atomic E-state index is 5.40. The van der Waals surface area contributed by atoms with Crippen LogP contribution in [0.3, 0.4) is 0 Å². The first-order valence-electron chi connectivity index (χ1n) is 18.7. The van der Waals surface area contributed by atoms with Crippen molar-refractivity contribution >= 4 is 54.3 Å². The Kier molecular flexibility index (Phi) is 7.17. The van der Waals surface area contributed by atoms with Crippen molar-refractivity contribution < 1.29 is 0 Å². The quantitative estimate of drug-likeness (QED) is 0.179. The molecular formula is C52H33N3. The van der Waals surface area contributed by atoms with E-state index in [1.54, 1.807) is 0 Å². The number of fused-ring (bicyclic) bond motifs is 6. The SMILES string of the molecule is c1ccc(-c2ccc(-c3nc(-c4ccc(-n5c6ccccc6c6cc7ccccc7cc65)c5ccccc45)nc4cc(-c5ccccc5)ccc34)cc2)cc1. The fourth-order valence-corrected chi connectivity index (χ4v) is 8.32. The zero-order valence-corrected chi connectivity index (χ0v) is 29.9. The van der Waals surface area contributed by atoms with Crippen LogP contribution in [0.25, 0.3) is 105 Å². The summed E-state index contributed by atoms with van der Waals surface area (Å²) >= 11 is 0. The van der Waals surface area contributed by atoms with Gasteiger partial charge in [0.15, 0.2) is 5.82 Å². The molecule has 2 heterocycles. The van der Waals surface area contributed by atoms with Crippen LogP contribution in [0.1, 0.15) is 0 Å². The molecule has 0 radical (unpaired) electrons. The molecule has 11 rings (SSSR count). The number of benzene rings is 9. The van der Waals surface area contributed by atoms with Gasteiger partial charge in [-0.1, -0.05) is 158 Å². The van der Waals surface area contributed by atoms with Crippen molar-refractivity contribution in [2.45, 2.75) is 0 Å². The first kappa shape index (κ1) is 31.2. The third-order valence-corrected chi connectivity index (χ3v) is 11.0. The molecule has 0 aliphatic heterocycles. The maximum atomic E-state index is 5.40. The number of hydrogen-bond acceptors (Lipinski definition) is 2. The van der Waals surface area contributed by atoms with E-state index in [1.165, 1.54) is 43.7 Å². The number of para-hydroxylation sites is 1. The van der Waals surface area contributed by atoms with E-state index >= 15 is 0 Å². The molecule has 0 bridgehead atoms. The molecule has 0 N–H and O–H groups in total. The second kappa shape index (κ2) is 12.6. The van der Waals surface area contributed by atoms with E-state index in [9.17, 15) is 0 Å². The second-order valence-corrected chi connectivity index (χ2v) is 14.2. The van der Waals surface area contributed by atoms with Crippen LogP contribution < -0.4 is 0 Å². The third-order valence-electron chi connectivity index (χ3n) is 11.0. The third kappa shape index (κ3) is 5.20. The Morgan fingerprint density at radius 3 is 1.67 bits per heavy atom. The van der Waals surface area contributed by atoms with Gasteiger partial charge in [0.1, 0.15) is 0 Å². The standard InChI is InChI=1S/C52H33N3/c1-3-13-34(14-4-1)36-23-25-37(26-24-36)51-45-28-27-40(35-15-5-2-6-16-35)32-47(45)53-52(54-51)44-29-30-49(42-20-10-9-19-41(42)44)55-48-22-12-11-21-43(48)46-31-38-17-7-8-18-39(38)33-50(46)55/h1-33H. The fraction of sp³-hybridized carbons (Fsp3) is 0. The van der Waals surface area contributed by atoms with Crippen LogP contribution in [0.2, 0.25) is 0 Å². The highest BCUT2D eigenvalue weighted by molar-refractivity contribution is 6.15. The minimum atomic E-state index is 0.704. The van der Waals surface area contributed by atoms with Crippen LogP contribution >= 0.6 is 0 Å². The molecule has 2 aromatic heterocycles. The zero-order chi connectivity index (χ0) is 36.3. The molecule has 0 spiro atoms. The van der Waals surface area contributed by atoms with Crippen molar-refractivity contribution in [1.82, 2.24) is 14.5 Å². The monoisotopic (exact) mass is 699 g/mol. The molecule has 0 saturated carbocycles. The largest absolute Gasteiger partial charge is 0.309 e. The summed E-state index contributed by atoms with van der Waals surface area (Å²) in [4.78, 5) is 10.7. The topological polar surface area (TPSA) is 30.7 Å². The zero-order valence-electron chi connectivity index (χ0n) is 29.9. The summed E-state index contributed by atoms with van der Waals surface area (Å²) in [5.41, 5.74) is 12.0. The highest BCUT2D eigenvalue weighted by Crippen LogP contribution is 2.40. The van der Waals surface area contributed by atoms with E-state index in [2.05, 4.69) is 205 Å². The van der Waals surface area contributed by atoms with E-state index in [-0.39, 0.29) is 0 Å². The molecule has 0 aliphatic carbocycles. The maximum Gasteiger partial charge on any atom is 0.161 e. The lowest BCUT2D eigenvalue weighted by atomic mass is 9.98. The minimum absolute atomic E-state index is 0.704. The van der Waals surface area contributed by atoms with Crippen LogP contribution in [-0.4, -0.2) is 14.5 Å². The second-order valence-electron chi connectivity index (χ2n) is 14.2. The summed E-state index contributed by atoms with van der Waals surface area (Å²) in [7, 11) is 0. The minimum Gasteiger partial charge on any atom is -0.309 e. The van der Waals surface area contributed by atoms with E-state index in [1.807, 2.05) is 0 Å². The average molecular weight is 700 g/mol. The summed E-state index contributed by atoms with van der Waals surface area (Å²) in [6, 6.07) is 71.5. The summed E-state index contributed by atoms with van der Waals surface area (Å²) in [5.74, 6) is 0.704. The van der Waals surface area contributed by atoms with Crippen LogP contribution in [0, 0.1) is 0 Å². The van der Waals surface area contributed by atoms with Crippen molar-refractivity contribution in [2.24, 2.45) is 0 Å². The first-order chi connectivity index (χ1) is 27.3. The summed E-state index contributed by atoms with van der Waals surface area (Å²) in [5, 5.41) is 8.23. The fourth-order valence-electron chi connectivity index (χ4n) is 8.32. The lowest BCUT2D eigenvalue weighted by Crippen LogP contribution is -1.99. The van der Waals surface area contributed by atoms with Gasteiger partial charge in [-0.25, -0.2) is 9.97 Å². The van der Waals surface area contributed by atoms with E-state index in [0.717, 1.165) is 55.3 Å². The molecule has 11 aromatic rings. The molecule has 0 saturated heterocycles. The Morgan fingerprint density at radius 2 is 0.909 bits per heavy atom. The van der Waals surface area contributed by atoms with Gasteiger partial charge in [-0.2, -0.15) is 0 Å². The van der Waals surface area contributed by atoms with Crippen LogP contribution in [0.4, 0.5) is 0 Å². The Balaban J connectivity index is 1.14. The van der Waals surface area contributed by atoms with E-state index < -0.39 is 0 Å². The molecule has 0 atom stereocenters. The van der Waals surface area contributed by atoms with Gasteiger partial charge in [0, 0.05) is 32.7 Å². The van der Waals surface area contributed by atoms with E-state index in [0.29, 0.717) is 5.82 Å². The van der Waals surface area contributed by atoms with Crippen LogP contribution in [0.15, 0.2) is 200 Å². The van der Waals surface area contributed by atoms with E-state index in [4.69, 9.17) is 9.97 Å². The molecular weight excluding hydrogens is 667 g/mol. The molecule has 0 fully saturated rings. The Hall–Kier alpha value is -7.36. The molecule has 0 unspecified atom stereocenters. The number of aromatic nitrogens is 3. The molecule has 55 heavy (non-hydrogen) atoms. The first-order valence-corrected chi connectivity index (χ1v) is 18.7. The van der Waals surface area contributed by atoms with Crippen LogP contribution in [-0.2, 0) is 0 Å². The number of hydrogen-bond donors (Lipinski definition) is 0. The Bertz CT molecular complexity index is 3230. The molecule has 3 nitrogen and oxygen atoms in total. The van der Waals surface area contributed by atoms with Gasteiger partial charge < -0.3 is 4.57 Å².